The summed E-state index contributed by atoms with van der Waals surface area (Å²) >= 11 is 4.99. The van der Waals surface area contributed by atoms with Crippen LogP contribution in [0.15, 0.2) is 45.2 Å². The molecule has 0 unspecified atom stereocenters. The zero-order valence-electron chi connectivity index (χ0n) is 12.0. The van der Waals surface area contributed by atoms with Crippen LogP contribution in [0.4, 0.5) is 0 Å². The minimum absolute atomic E-state index is 0.303. The third kappa shape index (κ3) is 2.11. The standard InChI is InChI=1S/C16H12N4OS/c1-8-11(6-17)15(12(7-18)9(2)19-8)10-3-4-13-14(5-10)21-16(22)20-13/h3-5,15,19H,1-2H3,(H,20,22). The predicted molar refractivity (Wildman–Crippen MR) is 83.9 cm³/mol. The quantitative estimate of drug-likeness (QED) is 0.783. The highest BCUT2D eigenvalue weighted by Gasteiger charge is 2.29. The average molecular weight is 308 g/mol. The van der Waals surface area contributed by atoms with Crippen LogP contribution in [0.3, 0.4) is 0 Å². The van der Waals surface area contributed by atoms with Crippen LogP contribution in [0.2, 0.25) is 0 Å². The Kier molecular flexibility index (Phi) is 3.32. The van der Waals surface area contributed by atoms with E-state index in [1.807, 2.05) is 32.0 Å². The lowest BCUT2D eigenvalue weighted by Crippen LogP contribution is -2.23. The van der Waals surface area contributed by atoms with E-state index < -0.39 is 0 Å². The average Bonchev–Trinajstić information content (AvgIpc) is 2.85. The van der Waals surface area contributed by atoms with Gasteiger partial charge < -0.3 is 14.7 Å². The summed E-state index contributed by atoms with van der Waals surface area (Å²) in [6.07, 6.45) is 0. The molecule has 0 atom stereocenters. The van der Waals surface area contributed by atoms with Gasteiger partial charge in [0, 0.05) is 11.4 Å². The topological polar surface area (TPSA) is 88.5 Å². The first-order chi connectivity index (χ1) is 10.5. The minimum atomic E-state index is -0.390. The van der Waals surface area contributed by atoms with Crippen molar-refractivity contribution >= 4 is 23.3 Å². The van der Waals surface area contributed by atoms with E-state index in [4.69, 9.17) is 16.6 Å². The minimum Gasteiger partial charge on any atom is -0.429 e. The Labute approximate surface area is 132 Å². The molecule has 5 nitrogen and oxygen atoms in total. The SMILES string of the molecule is CC1=C(C#N)C(c2ccc3[nH]c(=S)oc3c2)C(C#N)=C(C)N1. The van der Waals surface area contributed by atoms with E-state index in [0.29, 0.717) is 21.6 Å². The van der Waals surface area contributed by atoms with Crippen LogP contribution in [-0.4, -0.2) is 4.98 Å². The largest absolute Gasteiger partial charge is 0.429 e. The van der Waals surface area contributed by atoms with Crippen LogP contribution < -0.4 is 5.32 Å². The number of benzene rings is 1. The Balaban J connectivity index is 2.24. The third-order valence-electron chi connectivity index (χ3n) is 3.78. The number of rotatable bonds is 1. The highest BCUT2D eigenvalue weighted by atomic mass is 32.1. The van der Waals surface area contributed by atoms with Gasteiger partial charge in [0.25, 0.3) is 4.84 Å². The summed E-state index contributed by atoms with van der Waals surface area (Å²) in [6.45, 7) is 3.67. The number of fused-ring (bicyclic) bond motifs is 1. The van der Waals surface area contributed by atoms with Crippen LogP contribution in [0.25, 0.3) is 11.1 Å². The number of nitrogens with zero attached hydrogens (tertiary/aromatic N) is 2. The molecule has 0 fully saturated rings. The molecular formula is C16H12N4OS. The Bertz CT molecular complexity index is 942. The maximum atomic E-state index is 9.48. The molecule has 1 aromatic carbocycles. The summed E-state index contributed by atoms with van der Waals surface area (Å²) < 4.78 is 5.44. The zero-order chi connectivity index (χ0) is 15.9. The van der Waals surface area contributed by atoms with Crippen molar-refractivity contribution in [2.24, 2.45) is 0 Å². The summed E-state index contributed by atoms with van der Waals surface area (Å²) in [7, 11) is 0. The molecule has 2 heterocycles. The smallest absolute Gasteiger partial charge is 0.266 e. The van der Waals surface area contributed by atoms with Crippen LogP contribution in [0, 0.1) is 27.5 Å². The highest BCUT2D eigenvalue weighted by Crippen LogP contribution is 2.38. The summed E-state index contributed by atoms with van der Waals surface area (Å²) in [6, 6.07) is 9.98. The Morgan fingerprint density at radius 2 is 1.77 bits per heavy atom. The number of oxazole rings is 1. The first-order valence-electron chi connectivity index (χ1n) is 6.66. The number of aromatic amines is 1. The lowest BCUT2D eigenvalue weighted by molar-refractivity contribution is 0.583. The Hall–Kier alpha value is -2.83. The molecule has 22 heavy (non-hydrogen) atoms. The van der Waals surface area contributed by atoms with Gasteiger partial charge in [0.15, 0.2) is 5.58 Å². The van der Waals surface area contributed by atoms with E-state index >= 15 is 0 Å². The van der Waals surface area contributed by atoms with E-state index in [9.17, 15) is 10.5 Å². The molecule has 0 aliphatic carbocycles. The van der Waals surface area contributed by atoms with E-state index in [1.54, 1.807) is 0 Å². The molecule has 1 aromatic heterocycles. The molecule has 0 bridgehead atoms. The van der Waals surface area contributed by atoms with Gasteiger partial charge in [-0.05, 0) is 43.8 Å². The number of nitriles is 2. The number of aromatic nitrogens is 1. The molecule has 0 saturated heterocycles. The van der Waals surface area contributed by atoms with Crippen molar-refractivity contribution in [3.63, 3.8) is 0 Å². The normalized spacial score (nSPS) is 15.6. The van der Waals surface area contributed by atoms with Gasteiger partial charge in [-0.15, -0.1) is 0 Å². The van der Waals surface area contributed by atoms with Crippen LogP contribution >= 0.6 is 12.2 Å². The van der Waals surface area contributed by atoms with Crippen molar-refractivity contribution in [2.75, 3.05) is 0 Å². The first kappa shape index (κ1) is 14.1. The summed E-state index contributed by atoms with van der Waals surface area (Å²) in [4.78, 5) is 3.24. The Morgan fingerprint density at radius 1 is 1.14 bits per heavy atom. The fraction of sp³-hybridized carbons (Fsp3) is 0.188. The molecule has 0 spiro atoms. The van der Waals surface area contributed by atoms with Gasteiger partial charge in [-0.2, -0.15) is 10.5 Å². The van der Waals surface area contributed by atoms with Gasteiger partial charge >= 0.3 is 0 Å². The lowest BCUT2D eigenvalue weighted by Gasteiger charge is -2.26. The molecule has 108 valence electrons. The maximum absolute atomic E-state index is 9.48. The van der Waals surface area contributed by atoms with Crippen molar-refractivity contribution in [2.45, 2.75) is 19.8 Å². The summed E-state index contributed by atoms with van der Waals surface area (Å²) in [5.74, 6) is -0.390. The monoisotopic (exact) mass is 308 g/mol. The molecule has 2 aromatic rings. The molecular weight excluding hydrogens is 296 g/mol. The van der Waals surface area contributed by atoms with E-state index in [-0.39, 0.29) is 5.92 Å². The van der Waals surface area contributed by atoms with Gasteiger partial charge in [0.05, 0.1) is 34.7 Å². The maximum Gasteiger partial charge on any atom is 0.266 e. The highest BCUT2D eigenvalue weighted by molar-refractivity contribution is 7.71. The van der Waals surface area contributed by atoms with Crippen LogP contribution in [0.1, 0.15) is 25.3 Å². The number of H-pyrrole nitrogens is 1. The molecule has 1 aliphatic rings. The van der Waals surface area contributed by atoms with Gasteiger partial charge in [-0.1, -0.05) is 6.07 Å². The van der Waals surface area contributed by atoms with Gasteiger partial charge in [-0.3, -0.25) is 0 Å². The zero-order valence-corrected chi connectivity index (χ0v) is 12.8. The van der Waals surface area contributed by atoms with Gasteiger partial charge in [-0.25, -0.2) is 0 Å². The second kappa shape index (κ2) is 5.18. The van der Waals surface area contributed by atoms with Crippen molar-refractivity contribution in [1.29, 1.82) is 10.5 Å². The lowest BCUT2D eigenvalue weighted by atomic mass is 9.81. The fourth-order valence-corrected chi connectivity index (χ4v) is 2.96. The van der Waals surface area contributed by atoms with Gasteiger partial charge in [0.2, 0.25) is 0 Å². The van der Waals surface area contributed by atoms with Crippen molar-refractivity contribution in [3.8, 4) is 12.1 Å². The number of nitrogens with one attached hydrogen (secondary N) is 2. The number of hydrogen-bond acceptors (Lipinski definition) is 5. The fourth-order valence-electron chi connectivity index (χ4n) is 2.76. The van der Waals surface area contributed by atoms with Crippen LogP contribution in [-0.2, 0) is 0 Å². The van der Waals surface area contributed by atoms with Crippen molar-refractivity contribution in [3.05, 3.63) is 51.1 Å². The molecule has 6 heteroatoms. The molecule has 0 radical (unpaired) electrons. The third-order valence-corrected chi connectivity index (χ3v) is 3.97. The number of allylic oxidation sites excluding steroid dienone is 4. The molecule has 0 amide bonds. The van der Waals surface area contributed by atoms with E-state index in [2.05, 4.69) is 22.4 Å². The second-order valence-corrected chi connectivity index (χ2v) is 5.50. The second-order valence-electron chi connectivity index (χ2n) is 5.13. The van der Waals surface area contributed by atoms with E-state index in [1.165, 1.54) is 0 Å². The van der Waals surface area contributed by atoms with Crippen molar-refractivity contribution in [1.82, 2.24) is 10.3 Å². The Morgan fingerprint density at radius 3 is 2.36 bits per heavy atom. The number of hydrogen-bond donors (Lipinski definition) is 2. The molecule has 2 N–H and O–H groups in total. The van der Waals surface area contributed by atoms with Crippen molar-refractivity contribution < 1.29 is 4.42 Å². The molecule has 0 saturated carbocycles. The molecule has 3 rings (SSSR count). The summed E-state index contributed by atoms with van der Waals surface area (Å²) in [5.41, 5.74) is 4.84. The van der Waals surface area contributed by atoms with Crippen LogP contribution in [0.5, 0.6) is 0 Å². The van der Waals surface area contributed by atoms with Gasteiger partial charge in [0.1, 0.15) is 0 Å². The summed E-state index contributed by atoms with van der Waals surface area (Å²) in [5, 5.41) is 22.1. The van der Waals surface area contributed by atoms with E-state index in [0.717, 1.165) is 22.5 Å². The molecule has 1 aliphatic heterocycles. The first-order valence-corrected chi connectivity index (χ1v) is 7.07. The number of dihydropyridines is 1. The predicted octanol–water partition coefficient (Wildman–Crippen LogP) is 3.77.